The van der Waals surface area contributed by atoms with Gasteiger partial charge in [0.05, 0.1) is 7.11 Å². The third kappa shape index (κ3) is 3.31. The number of carbonyl (C=O) groups excluding carboxylic acids is 2. The van der Waals surface area contributed by atoms with Gasteiger partial charge < -0.3 is 9.64 Å². The van der Waals surface area contributed by atoms with Gasteiger partial charge in [0.15, 0.2) is 0 Å². The van der Waals surface area contributed by atoms with E-state index in [2.05, 4.69) is 4.74 Å². The summed E-state index contributed by atoms with van der Waals surface area (Å²) in [5, 5.41) is 0. The van der Waals surface area contributed by atoms with Crippen molar-refractivity contribution in [3.05, 3.63) is 34.9 Å². The molecule has 17 heavy (non-hydrogen) atoms. The van der Waals surface area contributed by atoms with E-state index in [-0.39, 0.29) is 0 Å². The largest absolute Gasteiger partial charge is 0.462 e. The molecule has 0 radical (unpaired) electrons. The number of likely N-dealkylation sites (N-methyl/N-ethyl adjacent to an activating group) is 1. The van der Waals surface area contributed by atoms with Gasteiger partial charge in [-0.2, -0.15) is 0 Å². The second-order valence-corrected chi connectivity index (χ2v) is 4.07. The molecule has 0 atom stereocenters. The van der Waals surface area contributed by atoms with Gasteiger partial charge in [0.25, 0.3) is 0 Å². The Morgan fingerprint density at radius 3 is 2.41 bits per heavy atom. The van der Waals surface area contributed by atoms with Crippen LogP contribution in [-0.2, 0) is 20.9 Å². The van der Waals surface area contributed by atoms with E-state index < -0.39 is 11.9 Å². The number of rotatable bonds is 2. The van der Waals surface area contributed by atoms with Crippen LogP contribution in [0.1, 0.15) is 16.7 Å². The molecule has 0 unspecified atom stereocenters. The highest BCUT2D eigenvalue weighted by Gasteiger charge is 2.19. The molecule has 1 rings (SSSR count). The summed E-state index contributed by atoms with van der Waals surface area (Å²) in [6, 6.07) is 5.96. The Kier molecular flexibility index (Phi) is 4.26. The summed E-state index contributed by atoms with van der Waals surface area (Å²) < 4.78 is 4.38. The van der Waals surface area contributed by atoms with Crippen LogP contribution in [0.15, 0.2) is 18.2 Å². The van der Waals surface area contributed by atoms with Crippen LogP contribution in [0.5, 0.6) is 0 Å². The molecule has 0 saturated carbocycles. The molecule has 0 spiro atoms. The lowest BCUT2D eigenvalue weighted by Crippen LogP contribution is -2.33. The van der Waals surface area contributed by atoms with Crippen molar-refractivity contribution in [2.24, 2.45) is 0 Å². The first-order valence-corrected chi connectivity index (χ1v) is 5.35. The van der Waals surface area contributed by atoms with Crippen LogP contribution in [0.25, 0.3) is 0 Å². The average Bonchev–Trinajstić information content (AvgIpc) is 2.31. The predicted octanol–water partition coefficient (Wildman–Crippen LogP) is 1.43. The van der Waals surface area contributed by atoms with Gasteiger partial charge in [0, 0.05) is 13.6 Å². The number of carbonyl (C=O) groups is 2. The zero-order valence-electron chi connectivity index (χ0n) is 10.6. The first-order chi connectivity index (χ1) is 7.95. The molecule has 0 saturated heterocycles. The van der Waals surface area contributed by atoms with E-state index in [1.54, 1.807) is 7.05 Å². The number of nitrogens with zero attached hydrogens (tertiary/aromatic N) is 1. The molecule has 0 fully saturated rings. The minimum absolute atomic E-state index is 0.398. The van der Waals surface area contributed by atoms with E-state index >= 15 is 0 Å². The number of hydrogen-bond acceptors (Lipinski definition) is 3. The lowest BCUT2D eigenvalue weighted by atomic mass is 10.1. The summed E-state index contributed by atoms with van der Waals surface area (Å²) in [5.41, 5.74) is 3.37. The lowest BCUT2D eigenvalue weighted by molar-refractivity contribution is -0.157. The molecule has 0 aliphatic rings. The molecule has 92 valence electrons. The molecule has 0 N–H and O–H groups in total. The standard InChI is InChI=1S/C13H17NO3/c1-9-5-6-11(7-10(9)2)8-14(3)12(15)13(16)17-4/h5-7H,8H2,1-4H3. The topological polar surface area (TPSA) is 46.6 Å². The van der Waals surface area contributed by atoms with Gasteiger partial charge in [-0.1, -0.05) is 18.2 Å². The molecule has 0 heterocycles. The summed E-state index contributed by atoms with van der Waals surface area (Å²) in [6.45, 7) is 4.44. The van der Waals surface area contributed by atoms with E-state index in [0.717, 1.165) is 5.56 Å². The minimum atomic E-state index is -0.837. The molecular weight excluding hydrogens is 218 g/mol. The third-order valence-electron chi connectivity index (χ3n) is 2.70. The second kappa shape index (κ2) is 5.48. The van der Waals surface area contributed by atoms with Crippen LogP contribution in [-0.4, -0.2) is 30.9 Å². The molecule has 0 aromatic heterocycles. The number of hydrogen-bond donors (Lipinski definition) is 0. The van der Waals surface area contributed by atoms with Crippen molar-refractivity contribution in [1.82, 2.24) is 4.90 Å². The Labute approximate surface area is 101 Å². The highest BCUT2D eigenvalue weighted by atomic mass is 16.5. The zero-order chi connectivity index (χ0) is 13.0. The van der Waals surface area contributed by atoms with Gasteiger partial charge in [-0.3, -0.25) is 4.79 Å². The number of methoxy groups -OCH3 is 1. The molecule has 0 aliphatic carbocycles. The average molecular weight is 235 g/mol. The van der Waals surface area contributed by atoms with E-state index in [1.807, 2.05) is 32.0 Å². The molecule has 4 heteroatoms. The molecule has 1 aromatic rings. The summed E-state index contributed by atoms with van der Waals surface area (Å²) in [4.78, 5) is 23.9. The van der Waals surface area contributed by atoms with E-state index in [4.69, 9.17) is 0 Å². The second-order valence-electron chi connectivity index (χ2n) is 4.07. The Morgan fingerprint density at radius 1 is 1.24 bits per heavy atom. The van der Waals surface area contributed by atoms with Crippen LogP contribution in [0.2, 0.25) is 0 Å². The number of ether oxygens (including phenoxy) is 1. The van der Waals surface area contributed by atoms with Crippen molar-refractivity contribution >= 4 is 11.9 Å². The fourth-order valence-electron chi connectivity index (χ4n) is 1.49. The molecule has 1 amide bonds. The quantitative estimate of drug-likeness (QED) is 0.575. The Morgan fingerprint density at radius 2 is 1.88 bits per heavy atom. The third-order valence-corrected chi connectivity index (χ3v) is 2.70. The van der Waals surface area contributed by atoms with E-state index in [1.165, 1.54) is 23.1 Å². The monoisotopic (exact) mass is 235 g/mol. The summed E-state index contributed by atoms with van der Waals surface area (Å²) in [5.74, 6) is -1.47. The van der Waals surface area contributed by atoms with Crippen molar-refractivity contribution in [2.45, 2.75) is 20.4 Å². The highest BCUT2D eigenvalue weighted by molar-refractivity contribution is 6.32. The maximum Gasteiger partial charge on any atom is 0.396 e. The molecule has 0 aliphatic heterocycles. The molecule has 0 bridgehead atoms. The maximum atomic E-state index is 11.5. The van der Waals surface area contributed by atoms with Gasteiger partial charge in [0.1, 0.15) is 0 Å². The van der Waals surface area contributed by atoms with Crippen molar-refractivity contribution in [1.29, 1.82) is 0 Å². The first-order valence-electron chi connectivity index (χ1n) is 5.35. The van der Waals surface area contributed by atoms with Gasteiger partial charge >= 0.3 is 11.9 Å². The molecule has 1 aromatic carbocycles. The van der Waals surface area contributed by atoms with Gasteiger partial charge in [-0.25, -0.2) is 4.79 Å². The van der Waals surface area contributed by atoms with Gasteiger partial charge in [0.2, 0.25) is 0 Å². The highest BCUT2D eigenvalue weighted by Crippen LogP contribution is 2.11. The van der Waals surface area contributed by atoms with Gasteiger partial charge in [-0.05, 0) is 30.5 Å². The maximum absolute atomic E-state index is 11.5. The Bertz CT molecular complexity index is 440. The van der Waals surface area contributed by atoms with Crippen LogP contribution < -0.4 is 0 Å². The summed E-state index contributed by atoms with van der Waals surface area (Å²) >= 11 is 0. The number of esters is 1. The van der Waals surface area contributed by atoms with Crippen molar-refractivity contribution in [3.63, 3.8) is 0 Å². The SMILES string of the molecule is COC(=O)C(=O)N(C)Cc1ccc(C)c(C)c1. The smallest absolute Gasteiger partial charge is 0.396 e. The fourth-order valence-corrected chi connectivity index (χ4v) is 1.49. The van der Waals surface area contributed by atoms with Crippen LogP contribution in [0.3, 0.4) is 0 Å². The number of benzene rings is 1. The van der Waals surface area contributed by atoms with E-state index in [9.17, 15) is 9.59 Å². The van der Waals surface area contributed by atoms with E-state index in [0.29, 0.717) is 6.54 Å². The normalized spacial score (nSPS) is 9.88. The predicted molar refractivity (Wildman–Crippen MR) is 64.4 cm³/mol. The summed E-state index contributed by atoms with van der Waals surface area (Å²) in [7, 11) is 2.78. The number of aryl methyl sites for hydroxylation is 2. The Balaban J connectivity index is 2.74. The molecule has 4 nitrogen and oxygen atoms in total. The minimum Gasteiger partial charge on any atom is -0.462 e. The Hall–Kier alpha value is -1.84. The summed E-state index contributed by atoms with van der Waals surface area (Å²) in [6.07, 6.45) is 0. The van der Waals surface area contributed by atoms with Crippen molar-refractivity contribution in [2.75, 3.05) is 14.2 Å². The lowest BCUT2D eigenvalue weighted by Gasteiger charge is -2.16. The fraction of sp³-hybridized carbons (Fsp3) is 0.385. The van der Waals surface area contributed by atoms with Crippen LogP contribution in [0, 0.1) is 13.8 Å². The van der Waals surface area contributed by atoms with Crippen molar-refractivity contribution in [3.8, 4) is 0 Å². The van der Waals surface area contributed by atoms with Crippen LogP contribution >= 0.6 is 0 Å². The number of amides is 1. The zero-order valence-corrected chi connectivity index (χ0v) is 10.6. The van der Waals surface area contributed by atoms with Crippen molar-refractivity contribution < 1.29 is 14.3 Å². The first kappa shape index (κ1) is 13.2. The molecular formula is C13H17NO3. The van der Waals surface area contributed by atoms with Crippen LogP contribution in [0.4, 0.5) is 0 Å². The van der Waals surface area contributed by atoms with Gasteiger partial charge in [-0.15, -0.1) is 0 Å².